The van der Waals surface area contributed by atoms with E-state index in [-0.39, 0.29) is 11.5 Å². The Bertz CT molecular complexity index is 992. The lowest BCUT2D eigenvalue weighted by Gasteiger charge is -2.13. The maximum atomic E-state index is 12.4. The van der Waals surface area contributed by atoms with Gasteiger partial charge >= 0.3 is 5.97 Å². The number of carboxylic acid groups (broad SMARTS) is 1. The lowest BCUT2D eigenvalue weighted by Crippen LogP contribution is -2.31. The second-order valence-electron chi connectivity index (χ2n) is 4.97. The van der Waals surface area contributed by atoms with Crippen LogP contribution in [0.5, 0.6) is 0 Å². The second kappa shape index (κ2) is 5.91. The highest BCUT2D eigenvalue weighted by molar-refractivity contribution is 6.03. The summed E-state index contributed by atoms with van der Waals surface area (Å²) in [6.45, 7) is 1.60. The summed E-state index contributed by atoms with van der Waals surface area (Å²) in [6.07, 6.45) is 3.86. The minimum absolute atomic E-state index is 0.137. The lowest BCUT2D eigenvalue weighted by molar-refractivity contribution is 0.0693. The van der Waals surface area contributed by atoms with Crippen molar-refractivity contribution >= 4 is 22.9 Å². The van der Waals surface area contributed by atoms with Crippen LogP contribution < -0.4 is 10.9 Å². The number of aromatic carboxylic acids is 1. The molecular weight excluding hydrogens is 316 g/mol. The van der Waals surface area contributed by atoms with Gasteiger partial charge in [0.25, 0.3) is 11.5 Å². The first-order chi connectivity index (χ1) is 11.5. The number of fused-ring (bicyclic) bond motifs is 1. The molecule has 0 aromatic carbocycles. The number of carbonyl (C=O) groups excluding carboxylic acids is 1. The second-order valence-corrected chi connectivity index (χ2v) is 4.97. The fourth-order valence-corrected chi connectivity index (χ4v) is 2.17. The Morgan fingerprint density at radius 2 is 2.08 bits per heavy atom. The van der Waals surface area contributed by atoms with Crippen LogP contribution in [-0.2, 0) is 0 Å². The number of H-pyrrole nitrogens is 2. The molecule has 3 aromatic rings. The molecule has 10 heteroatoms. The number of aromatic nitrogens is 5. The van der Waals surface area contributed by atoms with Gasteiger partial charge in [-0.15, -0.1) is 0 Å². The molecule has 3 rings (SSSR count). The summed E-state index contributed by atoms with van der Waals surface area (Å²) in [5, 5.41) is 12.0. The molecule has 10 nitrogen and oxygen atoms in total. The molecule has 0 unspecified atom stereocenters. The summed E-state index contributed by atoms with van der Waals surface area (Å²) >= 11 is 0. The van der Waals surface area contributed by atoms with E-state index < -0.39 is 29.0 Å². The lowest BCUT2D eigenvalue weighted by atomic mass is 10.2. The highest BCUT2D eigenvalue weighted by atomic mass is 16.4. The van der Waals surface area contributed by atoms with Crippen molar-refractivity contribution in [2.45, 2.75) is 13.0 Å². The molecule has 122 valence electrons. The molecule has 1 amide bonds. The molecule has 0 fully saturated rings. The minimum atomic E-state index is -1.37. The van der Waals surface area contributed by atoms with E-state index in [1.54, 1.807) is 19.2 Å². The van der Waals surface area contributed by atoms with Crippen LogP contribution in [0.4, 0.5) is 0 Å². The zero-order valence-electron chi connectivity index (χ0n) is 12.4. The molecule has 24 heavy (non-hydrogen) atoms. The van der Waals surface area contributed by atoms with Crippen molar-refractivity contribution in [3.8, 4) is 0 Å². The third-order valence-corrected chi connectivity index (χ3v) is 3.38. The molecule has 3 heterocycles. The molecule has 3 aromatic heterocycles. The van der Waals surface area contributed by atoms with Gasteiger partial charge in [0, 0.05) is 12.4 Å². The smallest absolute Gasteiger partial charge is 0.342 e. The van der Waals surface area contributed by atoms with Crippen LogP contribution >= 0.6 is 0 Å². The van der Waals surface area contributed by atoms with Crippen LogP contribution in [0.3, 0.4) is 0 Å². The summed E-state index contributed by atoms with van der Waals surface area (Å²) in [5.74, 6) is -1.71. The quantitative estimate of drug-likeness (QED) is 0.534. The van der Waals surface area contributed by atoms with Crippen LogP contribution in [0.1, 0.15) is 39.6 Å². The van der Waals surface area contributed by atoms with Gasteiger partial charge in [0.1, 0.15) is 29.1 Å². The predicted molar refractivity (Wildman–Crippen MR) is 81.6 cm³/mol. The SMILES string of the molecule is C[C@@H](NC(=O)c1ncnc2[nH]ccc12)c1ncc(C(=O)O)c(=O)[nH]1. The number of hydrogen-bond acceptors (Lipinski definition) is 6. The van der Waals surface area contributed by atoms with Gasteiger partial charge in [-0.1, -0.05) is 0 Å². The average Bonchev–Trinajstić information content (AvgIpc) is 3.02. The molecule has 0 saturated carbocycles. The Kier molecular flexibility index (Phi) is 3.78. The summed E-state index contributed by atoms with van der Waals surface area (Å²) in [6, 6.07) is 1.02. The van der Waals surface area contributed by atoms with E-state index in [0.29, 0.717) is 11.0 Å². The normalized spacial score (nSPS) is 12.0. The Labute approximate surface area is 134 Å². The number of carbonyl (C=O) groups is 2. The molecule has 0 radical (unpaired) electrons. The molecular formula is C14H12N6O4. The third-order valence-electron chi connectivity index (χ3n) is 3.38. The van der Waals surface area contributed by atoms with Crippen molar-refractivity contribution < 1.29 is 14.7 Å². The Morgan fingerprint density at radius 3 is 2.79 bits per heavy atom. The topological polar surface area (TPSA) is 154 Å². The van der Waals surface area contributed by atoms with Gasteiger partial charge in [-0.2, -0.15) is 0 Å². The van der Waals surface area contributed by atoms with Gasteiger partial charge in [0.2, 0.25) is 0 Å². The van der Waals surface area contributed by atoms with Crippen molar-refractivity contribution in [1.82, 2.24) is 30.2 Å². The number of rotatable bonds is 4. The van der Waals surface area contributed by atoms with Crippen LogP contribution in [0.15, 0.2) is 29.6 Å². The number of carboxylic acids is 1. The van der Waals surface area contributed by atoms with E-state index in [0.717, 1.165) is 6.20 Å². The molecule has 4 N–H and O–H groups in total. The monoisotopic (exact) mass is 328 g/mol. The number of hydrogen-bond donors (Lipinski definition) is 4. The third kappa shape index (κ3) is 2.72. The largest absolute Gasteiger partial charge is 0.477 e. The average molecular weight is 328 g/mol. The first-order valence-electron chi connectivity index (χ1n) is 6.89. The van der Waals surface area contributed by atoms with Crippen molar-refractivity contribution in [1.29, 1.82) is 0 Å². The minimum Gasteiger partial charge on any atom is -0.477 e. The molecule has 0 bridgehead atoms. The fraction of sp³-hybridized carbons (Fsp3) is 0.143. The zero-order valence-corrected chi connectivity index (χ0v) is 12.4. The summed E-state index contributed by atoms with van der Waals surface area (Å²) in [5.41, 5.74) is -0.552. The van der Waals surface area contributed by atoms with Crippen LogP contribution in [0.25, 0.3) is 11.0 Å². The number of nitrogens with one attached hydrogen (secondary N) is 3. The van der Waals surface area contributed by atoms with Gasteiger partial charge in [-0.25, -0.2) is 19.7 Å². The van der Waals surface area contributed by atoms with E-state index in [1.165, 1.54) is 6.33 Å². The van der Waals surface area contributed by atoms with Crippen molar-refractivity contribution in [2.24, 2.45) is 0 Å². The van der Waals surface area contributed by atoms with E-state index in [4.69, 9.17) is 5.11 Å². The first-order valence-corrected chi connectivity index (χ1v) is 6.89. The van der Waals surface area contributed by atoms with Gasteiger partial charge in [-0.3, -0.25) is 9.59 Å². The number of aromatic amines is 2. The Balaban J connectivity index is 1.84. The summed E-state index contributed by atoms with van der Waals surface area (Å²) in [4.78, 5) is 51.9. The summed E-state index contributed by atoms with van der Waals surface area (Å²) in [7, 11) is 0. The molecule has 0 aliphatic heterocycles. The fourth-order valence-electron chi connectivity index (χ4n) is 2.17. The molecule has 0 aliphatic rings. The highest BCUT2D eigenvalue weighted by Gasteiger charge is 2.18. The van der Waals surface area contributed by atoms with E-state index in [9.17, 15) is 14.4 Å². The van der Waals surface area contributed by atoms with Crippen molar-refractivity contribution in [2.75, 3.05) is 0 Å². The maximum Gasteiger partial charge on any atom is 0.342 e. The Morgan fingerprint density at radius 1 is 1.29 bits per heavy atom. The van der Waals surface area contributed by atoms with Gasteiger partial charge in [0.15, 0.2) is 0 Å². The molecule has 0 aliphatic carbocycles. The van der Waals surface area contributed by atoms with E-state index in [1.807, 2.05) is 0 Å². The van der Waals surface area contributed by atoms with Crippen molar-refractivity contribution in [3.05, 3.63) is 52.2 Å². The van der Waals surface area contributed by atoms with Crippen LogP contribution in [-0.4, -0.2) is 41.9 Å². The van der Waals surface area contributed by atoms with Crippen LogP contribution in [0, 0.1) is 0 Å². The summed E-state index contributed by atoms with van der Waals surface area (Å²) < 4.78 is 0. The van der Waals surface area contributed by atoms with Gasteiger partial charge < -0.3 is 20.4 Å². The standard InChI is InChI=1S/C14H12N6O4/c1-6(10-16-4-8(14(23)24)12(21)20-10)19-13(22)9-7-2-3-15-11(7)18-5-17-9/h2-6H,1H3,(H,19,22)(H,23,24)(H,15,17,18)(H,16,20,21)/t6-/m1/s1. The molecule has 1 atom stereocenters. The van der Waals surface area contributed by atoms with E-state index >= 15 is 0 Å². The van der Waals surface area contributed by atoms with E-state index in [2.05, 4.69) is 30.2 Å². The van der Waals surface area contributed by atoms with Crippen molar-refractivity contribution in [3.63, 3.8) is 0 Å². The molecule has 0 saturated heterocycles. The number of nitrogens with zero attached hydrogens (tertiary/aromatic N) is 3. The van der Waals surface area contributed by atoms with Gasteiger partial charge in [-0.05, 0) is 13.0 Å². The highest BCUT2D eigenvalue weighted by Crippen LogP contribution is 2.14. The first kappa shape index (κ1) is 15.3. The van der Waals surface area contributed by atoms with Crippen LogP contribution in [0.2, 0.25) is 0 Å². The maximum absolute atomic E-state index is 12.4. The Hall–Kier alpha value is -3.56. The van der Waals surface area contributed by atoms with Gasteiger partial charge in [0.05, 0.1) is 11.4 Å². The predicted octanol–water partition coefficient (Wildman–Crippen LogP) is 0.230. The molecule has 0 spiro atoms. The zero-order chi connectivity index (χ0) is 17.3. The number of amides is 1.